The second-order valence-corrected chi connectivity index (χ2v) is 6.89. The third-order valence-electron chi connectivity index (χ3n) is 5.44. The van der Waals surface area contributed by atoms with Gasteiger partial charge in [0.1, 0.15) is 5.58 Å². The summed E-state index contributed by atoms with van der Waals surface area (Å²) in [6.07, 6.45) is 5.16. The number of carbonyl (C=O) groups is 2. The van der Waals surface area contributed by atoms with Crippen LogP contribution in [-0.4, -0.2) is 16.7 Å². The highest BCUT2D eigenvalue weighted by Crippen LogP contribution is 2.36. The number of hydrogen-bond donors (Lipinski definition) is 0. The number of amides is 2. The summed E-state index contributed by atoms with van der Waals surface area (Å²) in [5.41, 5.74) is 2.64. The van der Waals surface area contributed by atoms with E-state index >= 15 is 0 Å². The number of aryl methyl sites for hydroxylation is 2. The first-order valence-corrected chi connectivity index (χ1v) is 8.50. The predicted molar refractivity (Wildman–Crippen MR) is 92.9 cm³/mol. The number of carbonyl (C=O) groups excluding carboxylic acids is 2. The lowest BCUT2D eigenvalue weighted by atomic mass is 9.85. The summed E-state index contributed by atoms with van der Waals surface area (Å²) in [6.45, 7) is 3.97. The number of benzene rings is 1. The molecule has 1 aliphatic carbocycles. The van der Waals surface area contributed by atoms with Crippen LogP contribution in [0.3, 0.4) is 0 Å². The molecule has 1 saturated heterocycles. The Morgan fingerprint density at radius 1 is 1.04 bits per heavy atom. The van der Waals surface area contributed by atoms with Crippen LogP contribution in [0.15, 0.2) is 39.6 Å². The zero-order valence-electron chi connectivity index (χ0n) is 14.2. The maximum Gasteiger partial charge on any atom is 0.336 e. The van der Waals surface area contributed by atoms with Crippen LogP contribution in [0, 0.1) is 25.7 Å². The third kappa shape index (κ3) is 2.42. The molecule has 0 saturated carbocycles. The first-order chi connectivity index (χ1) is 12.0. The van der Waals surface area contributed by atoms with E-state index < -0.39 is 5.63 Å². The molecule has 2 heterocycles. The van der Waals surface area contributed by atoms with E-state index in [9.17, 15) is 14.4 Å². The predicted octanol–water partition coefficient (Wildman–Crippen LogP) is 2.86. The molecule has 2 atom stereocenters. The zero-order chi connectivity index (χ0) is 17.7. The van der Waals surface area contributed by atoms with Crippen LogP contribution >= 0.6 is 0 Å². The van der Waals surface area contributed by atoms with Crippen molar-refractivity contribution in [3.63, 3.8) is 0 Å². The Balaban J connectivity index is 1.77. The molecule has 1 fully saturated rings. The topological polar surface area (TPSA) is 67.6 Å². The minimum Gasteiger partial charge on any atom is -0.422 e. The summed E-state index contributed by atoms with van der Waals surface area (Å²) in [7, 11) is 0. The van der Waals surface area contributed by atoms with Gasteiger partial charge in [0, 0.05) is 11.5 Å². The van der Waals surface area contributed by atoms with Gasteiger partial charge in [0.05, 0.1) is 18.4 Å². The van der Waals surface area contributed by atoms with Gasteiger partial charge >= 0.3 is 5.63 Å². The lowest BCUT2D eigenvalue weighted by molar-refractivity contribution is -0.140. The van der Waals surface area contributed by atoms with Crippen molar-refractivity contribution in [1.82, 2.24) is 4.90 Å². The SMILES string of the molecule is Cc1ccc2c(CN3C(=O)[C@@H]4CC=CC[C@H]4C3=O)cc(=O)oc2c1C. The fourth-order valence-corrected chi connectivity index (χ4v) is 3.85. The Hall–Kier alpha value is -2.69. The first kappa shape index (κ1) is 15.8. The van der Waals surface area contributed by atoms with Crippen molar-refractivity contribution in [2.24, 2.45) is 11.8 Å². The number of allylic oxidation sites excluding steroid dienone is 2. The molecule has 128 valence electrons. The van der Waals surface area contributed by atoms with Crippen molar-refractivity contribution in [1.29, 1.82) is 0 Å². The minimum absolute atomic E-state index is 0.120. The molecule has 0 radical (unpaired) electrons. The van der Waals surface area contributed by atoms with Crippen molar-refractivity contribution in [3.8, 4) is 0 Å². The molecule has 2 aromatic rings. The number of imide groups is 1. The average molecular weight is 337 g/mol. The summed E-state index contributed by atoms with van der Waals surface area (Å²) < 4.78 is 5.37. The van der Waals surface area contributed by atoms with E-state index in [4.69, 9.17) is 4.42 Å². The Morgan fingerprint density at radius 2 is 1.68 bits per heavy atom. The number of nitrogens with zero attached hydrogens (tertiary/aromatic N) is 1. The van der Waals surface area contributed by atoms with Gasteiger partial charge in [0.25, 0.3) is 0 Å². The van der Waals surface area contributed by atoms with E-state index in [0.29, 0.717) is 24.0 Å². The molecule has 0 N–H and O–H groups in total. The Morgan fingerprint density at radius 3 is 2.32 bits per heavy atom. The van der Waals surface area contributed by atoms with E-state index in [1.54, 1.807) is 0 Å². The zero-order valence-corrected chi connectivity index (χ0v) is 14.2. The van der Waals surface area contributed by atoms with E-state index in [2.05, 4.69) is 0 Å². The average Bonchev–Trinajstić information content (AvgIpc) is 2.84. The number of fused-ring (bicyclic) bond motifs is 2. The monoisotopic (exact) mass is 337 g/mol. The summed E-state index contributed by atoms with van der Waals surface area (Å²) in [4.78, 5) is 38.6. The molecule has 1 aromatic heterocycles. The van der Waals surface area contributed by atoms with Gasteiger partial charge in [0.2, 0.25) is 11.8 Å². The van der Waals surface area contributed by atoms with E-state index in [1.165, 1.54) is 11.0 Å². The highest BCUT2D eigenvalue weighted by Gasteiger charge is 2.47. The quantitative estimate of drug-likeness (QED) is 0.480. The Labute approximate surface area is 144 Å². The van der Waals surface area contributed by atoms with E-state index in [-0.39, 0.29) is 30.2 Å². The molecule has 5 heteroatoms. The Bertz CT molecular complexity index is 959. The molecular formula is C20H19NO4. The number of rotatable bonds is 2. The number of likely N-dealkylation sites (tertiary alicyclic amines) is 1. The second-order valence-electron chi connectivity index (χ2n) is 6.89. The second kappa shape index (κ2) is 5.69. The van der Waals surface area contributed by atoms with Gasteiger partial charge in [-0.25, -0.2) is 4.79 Å². The molecule has 4 rings (SSSR count). The molecular weight excluding hydrogens is 318 g/mol. The third-order valence-corrected chi connectivity index (χ3v) is 5.44. The molecule has 2 aliphatic rings. The molecule has 0 spiro atoms. The minimum atomic E-state index is -0.464. The summed E-state index contributed by atoms with van der Waals surface area (Å²) in [6, 6.07) is 5.23. The fourth-order valence-electron chi connectivity index (χ4n) is 3.85. The molecule has 0 unspecified atom stereocenters. The standard InChI is InChI=1S/C20H19NO4/c1-11-7-8-14-13(9-17(22)25-18(14)12(11)2)10-21-19(23)15-5-3-4-6-16(15)20(21)24/h3-4,7-9,15-16H,5-6,10H2,1-2H3/t15-,16-/m1/s1. The summed E-state index contributed by atoms with van der Waals surface area (Å²) in [5.74, 6) is -0.783. The van der Waals surface area contributed by atoms with Crippen LogP contribution in [0.25, 0.3) is 11.0 Å². The molecule has 25 heavy (non-hydrogen) atoms. The normalized spacial score (nSPS) is 22.7. The lowest BCUT2D eigenvalue weighted by Crippen LogP contribution is -2.31. The van der Waals surface area contributed by atoms with Crippen molar-refractivity contribution in [2.45, 2.75) is 33.2 Å². The maximum atomic E-state index is 12.7. The van der Waals surface area contributed by atoms with Crippen molar-refractivity contribution in [2.75, 3.05) is 0 Å². The lowest BCUT2D eigenvalue weighted by Gasteiger charge is -2.16. The van der Waals surface area contributed by atoms with Gasteiger partial charge in [-0.3, -0.25) is 14.5 Å². The smallest absolute Gasteiger partial charge is 0.336 e. The van der Waals surface area contributed by atoms with Crippen molar-refractivity contribution in [3.05, 3.63) is 57.5 Å². The van der Waals surface area contributed by atoms with Gasteiger partial charge in [-0.2, -0.15) is 0 Å². The van der Waals surface area contributed by atoms with Crippen LogP contribution in [0.4, 0.5) is 0 Å². The van der Waals surface area contributed by atoms with Crippen LogP contribution in [0.5, 0.6) is 0 Å². The van der Waals surface area contributed by atoms with Gasteiger partial charge in [0.15, 0.2) is 0 Å². The van der Waals surface area contributed by atoms with Crippen LogP contribution < -0.4 is 5.63 Å². The van der Waals surface area contributed by atoms with E-state index in [1.807, 2.05) is 38.1 Å². The van der Waals surface area contributed by atoms with Gasteiger partial charge in [-0.05, 0) is 43.4 Å². The van der Waals surface area contributed by atoms with Crippen LogP contribution in [0.1, 0.15) is 29.5 Å². The molecule has 5 nitrogen and oxygen atoms in total. The number of hydrogen-bond acceptors (Lipinski definition) is 4. The fraction of sp³-hybridized carbons (Fsp3) is 0.350. The highest BCUT2D eigenvalue weighted by molar-refractivity contribution is 6.05. The molecule has 2 amide bonds. The van der Waals surface area contributed by atoms with Gasteiger partial charge < -0.3 is 4.42 Å². The van der Waals surface area contributed by atoms with Crippen LogP contribution in [0.2, 0.25) is 0 Å². The van der Waals surface area contributed by atoms with Gasteiger partial charge in [-0.1, -0.05) is 24.3 Å². The van der Waals surface area contributed by atoms with Gasteiger partial charge in [-0.15, -0.1) is 0 Å². The first-order valence-electron chi connectivity index (χ1n) is 8.50. The summed E-state index contributed by atoms with van der Waals surface area (Å²) in [5, 5.41) is 0.774. The summed E-state index contributed by atoms with van der Waals surface area (Å²) >= 11 is 0. The molecule has 1 aromatic carbocycles. The van der Waals surface area contributed by atoms with E-state index in [0.717, 1.165) is 16.5 Å². The Kier molecular flexibility index (Phi) is 3.60. The van der Waals surface area contributed by atoms with Crippen molar-refractivity contribution >= 4 is 22.8 Å². The molecule has 1 aliphatic heterocycles. The molecule has 0 bridgehead atoms. The van der Waals surface area contributed by atoms with Crippen molar-refractivity contribution < 1.29 is 14.0 Å². The van der Waals surface area contributed by atoms with Crippen LogP contribution in [-0.2, 0) is 16.1 Å². The largest absolute Gasteiger partial charge is 0.422 e. The highest BCUT2D eigenvalue weighted by atomic mass is 16.4. The maximum absolute atomic E-state index is 12.7.